The molecule has 0 radical (unpaired) electrons. The molecule has 0 aliphatic carbocycles. The number of rotatable bonds is 8. The summed E-state index contributed by atoms with van der Waals surface area (Å²) in [6.45, 7) is 5.87. The highest BCUT2D eigenvalue weighted by atomic mass is 35.5. The maximum absolute atomic E-state index is 13.4. The molecule has 6 nitrogen and oxygen atoms in total. The predicted octanol–water partition coefficient (Wildman–Crippen LogP) is 4.91. The monoisotopic (exact) mass is 485 g/mol. The standard InChI is InChI=1S/C25H28ClN3O3S/c1-16(2)13-27-23(30)18-8-9-21-22(12-18)28-25(33-15-17-5-3-6-19(26)11-17)29(24(21)31)14-20-7-4-10-32-20/h3,5-6,8-9,11-12,16,20H,4,7,10,13-15H2,1-2H3,(H,27,30). The normalized spacial score (nSPS) is 15.9. The number of hydrogen-bond acceptors (Lipinski definition) is 5. The van der Waals surface area contributed by atoms with Crippen LogP contribution in [0, 0.1) is 5.92 Å². The fourth-order valence-electron chi connectivity index (χ4n) is 3.78. The molecule has 174 valence electrons. The van der Waals surface area contributed by atoms with Crippen molar-refractivity contribution in [2.75, 3.05) is 13.2 Å². The average molecular weight is 486 g/mol. The zero-order chi connectivity index (χ0) is 23.4. The number of carbonyl (C=O) groups is 1. The SMILES string of the molecule is CC(C)CNC(=O)c1ccc2c(=O)n(CC3CCCO3)c(SCc3cccc(Cl)c3)nc2c1. The fraction of sp³-hybridized carbons (Fsp3) is 0.400. The van der Waals surface area contributed by atoms with E-state index < -0.39 is 0 Å². The van der Waals surface area contributed by atoms with Crippen LogP contribution in [0.2, 0.25) is 5.02 Å². The van der Waals surface area contributed by atoms with Crippen LogP contribution in [0.25, 0.3) is 10.9 Å². The highest BCUT2D eigenvalue weighted by molar-refractivity contribution is 7.98. The number of nitrogens with one attached hydrogen (secondary N) is 1. The lowest BCUT2D eigenvalue weighted by Gasteiger charge is -2.17. The van der Waals surface area contributed by atoms with E-state index in [1.54, 1.807) is 22.8 Å². The Morgan fingerprint density at radius 3 is 2.88 bits per heavy atom. The van der Waals surface area contributed by atoms with Crippen molar-refractivity contribution in [1.82, 2.24) is 14.9 Å². The maximum Gasteiger partial charge on any atom is 0.262 e. The molecule has 2 aromatic carbocycles. The number of halogens is 1. The minimum atomic E-state index is -0.163. The van der Waals surface area contributed by atoms with E-state index in [0.29, 0.717) is 51.4 Å². The molecule has 1 aromatic heterocycles. The molecule has 0 saturated carbocycles. The van der Waals surface area contributed by atoms with Crippen molar-refractivity contribution in [2.45, 2.75) is 50.2 Å². The Morgan fingerprint density at radius 2 is 2.15 bits per heavy atom. The van der Waals surface area contributed by atoms with Gasteiger partial charge in [0, 0.05) is 29.5 Å². The Balaban J connectivity index is 1.68. The van der Waals surface area contributed by atoms with Crippen LogP contribution in [0.5, 0.6) is 0 Å². The van der Waals surface area contributed by atoms with Gasteiger partial charge in [-0.05, 0) is 54.7 Å². The molecule has 33 heavy (non-hydrogen) atoms. The Labute approximate surface area is 202 Å². The summed E-state index contributed by atoms with van der Waals surface area (Å²) in [7, 11) is 0. The largest absolute Gasteiger partial charge is 0.376 e. The van der Waals surface area contributed by atoms with E-state index >= 15 is 0 Å². The quantitative estimate of drug-likeness (QED) is 0.362. The predicted molar refractivity (Wildman–Crippen MR) is 133 cm³/mol. The summed E-state index contributed by atoms with van der Waals surface area (Å²) in [5.74, 6) is 0.814. The van der Waals surface area contributed by atoms with Gasteiger partial charge < -0.3 is 10.1 Å². The number of thioether (sulfide) groups is 1. The third-order valence-corrected chi connectivity index (χ3v) is 6.80. The highest BCUT2D eigenvalue weighted by Gasteiger charge is 2.21. The van der Waals surface area contributed by atoms with Gasteiger partial charge >= 0.3 is 0 Å². The molecule has 1 saturated heterocycles. The average Bonchev–Trinajstić information content (AvgIpc) is 3.31. The zero-order valence-electron chi connectivity index (χ0n) is 18.8. The lowest BCUT2D eigenvalue weighted by molar-refractivity contribution is 0.0937. The molecule has 8 heteroatoms. The van der Waals surface area contributed by atoms with Gasteiger partial charge in [-0.1, -0.05) is 49.3 Å². The smallest absolute Gasteiger partial charge is 0.262 e. The van der Waals surface area contributed by atoms with E-state index in [1.165, 1.54) is 11.8 Å². The molecule has 1 atom stereocenters. The number of fused-ring (bicyclic) bond motifs is 1. The highest BCUT2D eigenvalue weighted by Crippen LogP contribution is 2.25. The second-order valence-electron chi connectivity index (χ2n) is 8.70. The van der Waals surface area contributed by atoms with Gasteiger partial charge in [0.1, 0.15) is 0 Å². The third kappa shape index (κ3) is 5.96. The Morgan fingerprint density at radius 1 is 1.30 bits per heavy atom. The molecule has 3 aromatic rings. The Kier molecular flexibility index (Phi) is 7.73. The number of aromatic nitrogens is 2. The summed E-state index contributed by atoms with van der Waals surface area (Å²) in [4.78, 5) is 30.8. The van der Waals surface area contributed by atoms with Gasteiger partial charge in [-0.2, -0.15) is 0 Å². The van der Waals surface area contributed by atoms with Crippen LogP contribution in [0.4, 0.5) is 0 Å². The van der Waals surface area contributed by atoms with Crippen molar-refractivity contribution in [2.24, 2.45) is 5.92 Å². The number of carbonyl (C=O) groups excluding carboxylic acids is 1. The van der Waals surface area contributed by atoms with Gasteiger partial charge in [-0.25, -0.2) is 4.98 Å². The van der Waals surface area contributed by atoms with Gasteiger partial charge in [-0.15, -0.1) is 0 Å². The fourth-order valence-corrected chi connectivity index (χ4v) is 4.94. The zero-order valence-corrected chi connectivity index (χ0v) is 20.4. The molecule has 0 spiro atoms. The molecule has 1 fully saturated rings. The van der Waals surface area contributed by atoms with Crippen molar-refractivity contribution in [3.63, 3.8) is 0 Å². The van der Waals surface area contributed by atoms with E-state index in [9.17, 15) is 9.59 Å². The van der Waals surface area contributed by atoms with Crippen LogP contribution >= 0.6 is 23.4 Å². The van der Waals surface area contributed by atoms with Crippen LogP contribution in [-0.2, 0) is 17.0 Å². The molecule has 2 heterocycles. The van der Waals surface area contributed by atoms with E-state index in [1.807, 2.05) is 38.1 Å². The summed E-state index contributed by atoms with van der Waals surface area (Å²) in [6.07, 6.45) is 1.94. The number of amides is 1. The van der Waals surface area contributed by atoms with Gasteiger partial charge in [0.05, 0.1) is 23.6 Å². The first-order valence-electron chi connectivity index (χ1n) is 11.2. The second-order valence-corrected chi connectivity index (χ2v) is 10.1. The van der Waals surface area contributed by atoms with Gasteiger partial charge in [0.15, 0.2) is 5.16 Å². The van der Waals surface area contributed by atoms with Gasteiger partial charge in [0.25, 0.3) is 11.5 Å². The van der Waals surface area contributed by atoms with Crippen LogP contribution in [0.3, 0.4) is 0 Å². The lowest BCUT2D eigenvalue weighted by atomic mass is 10.1. The molecule has 1 amide bonds. The number of ether oxygens (including phenoxy) is 1. The topological polar surface area (TPSA) is 73.2 Å². The number of benzene rings is 2. The van der Waals surface area contributed by atoms with Gasteiger partial charge in [0.2, 0.25) is 0 Å². The van der Waals surface area contributed by atoms with Crippen LogP contribution in [-0.4, -0.2) is 34.7 Å². The molecule has 1 unspecified atom stereocenters. The molecule has 0 bridgehead atoms. The molecular formula is C25H28ClN3O3S. The summed E-state index contributed by atoms with van der Waals surface area (Å²) >= 11 is 7.62. The summed E-state index contributed by atoms with van der Waals surface area (Å²) in [6, 6.07) is 12.8. The van der Waals surface area contributed by atoms with Crippen LogP contribution in [0.15, 0.2) is 52.4 Å². The summed E-state index contributed by atoms with van der Waals surface area (Å²) in [5, 5.41) is 4.71. The van der Waals surface area contributed by atoms with E-state index in [-0.39, 0.29) is 17.6 Å². The maximum atomic E-state index is 13.4. The van der Waals surface area contributed by atoms with Crippen LogP contribution in [0.1, 0.15) is 42.6 Å². The molecule has 1 N–H and O–H groups in total. The Hall–Kier alpha value is -2.35. The van der Waals surface area contributed by atoms with E-state index in [2.05, 4.69) is 5.32 Å². The number of hydrogen-bond donors (Lipinski definition) is 1. The lowest BCUT2D eigenvalue weighted by Crippen LogP contribution is -2.29. The summed E-state index contributed by atoms with van der Waals surface area (Å²) in [5.41, 5.74) is 1.96. The van der Waals surface area contributed by atoms with Crippen molar-refractivity contribution >= 4 is 40.2 Å². The molecular weight excluding hydrogens is 458 g/mol. The van der Waals surface area contributed by atoms with Crippen molar-refractivity contribution in [3.05, 3.63) is 69.0 Å². The van der Waals surface area contributed by atoms with E-state index in [4.69, 9.17) is 21.3 Å². The second kappa shape index (κ2) is 10.7. The Bertz CT molecular complexity index is 1210. The third-order valence-electron chi connectivity index (χ3n) is 5.52. The van der Waals surface area contributed by atoms with Crippen molar-refractivity contribution in [1.29, 1.82) is 0 Å². The minimum Gasteiger partial charge on any atom is -0.376 e. The van der Waals surface area contributed by atoms with Crippen molar-refractivity contribution in [3.8, 4) is 0 Å². The van der Waals surface area contributed by atoms with E-state index in [0.717, 1.165) is 25.0 Å². The molecule has 1 aliphatic rings. The minimum absolute atomic E-state index is 0.00792. The number of nitrogens with zero attached hydrogens (tertiary/aromatic N) is 2. The van der Waals surface area contributed by atoms with Gasteiger partial charge in [-0.3, -0.25) is 14.2 Å². The molecule has 4 rings (SSSR count). The van der Waals surface area contributed by atoms with Crippen molar-refractivity contribution < 1.29 is 9.53 Å². The first-order valence-corrected chi connectivity index (χ1v) is 12.6. The first-order chi connectivity index (χ1) is 15.9. The summed E-state index contributed by atoms with van der Waals surface area (Å²) < 4.78 is 7.50. The molecule has 1 aliphatic heterocycles. The van der Waals surface area contributed by atoms with Crippen LogP contribution < -0.4 is 10.9 Å². The first kappa shape index (κ1) is 23.8.